The van der Waals surface area contributed by atoms with Crippen molar-refractivity contribution in [2.75, 3.05) is 7.11 Å². The Morgan fingerprint density at radius 2 is 2.35 bits per heavy atom. The fourth-order valence-electron chi connectivity index (χ4n) is 1.73. The van der Waals surface area contributed by atoms with E-state index in [1.165, 1.54) is 6.08 Å². The molecule has 0 aliphatic carbocycles. The van der Waals surface area contributed by atoms with Gasteiger partial charge >= 0.3 is 0 Å². The number of methoxy groups -OCH3 is 1. The van der Waals surface area contributed by atoms with Crippen molar-refractivity contribution >= 4 is 12.0 Å². The zero-order chi connectivity index (χ0) is 14.4. The fraction of sp³-hybridized carbons (Fsp3) is 0.200. The maximum Gasteiger partial charge on any atom is 0.244 e. The molecule has 1 aromatic carbocycles. The number of hydrogen-bond acceptors (Lipinski definition) is 3. The van der Waals surface area contributed by atoms with Gasteiger partial charge in [-0.15, -0.1) is 0 Å². The van der Waals surface area contributed by atoms with Crippen LogP contribution in [0.1, 0.15) is 11.1 Å². The Labute approximate surface area is 117 Å². The molecule has 5 nitrogen and oxygen atoms in total. The van der Waals surface area contributed by atoms with E-state index in [0.29, 0.717) is 6.54 Å². The molecule has 2 aromatic rings. The van der Waals surface area contributed by atoms with Gasteiger partial charge in [-0.3, -0.25) is 9.48 Å². The van der Waals surface area contributed by atoms with Gasteiger partial charge in [0.2, 0.25) is 5.91 Å². The van der Waals surface area contributed by atoms with E-state index in [9.17, 15) is 4.79 Å². The Balaban J connectivity index is 1.87. The first-order valence-corrected chi connectivity index (χ1v) is 6.25. The summed E-state index contributed by atoms with van der Waals surface area (Å²) in [6.45, 7) is 0.466. The minimum atomic E-state index is -0.142. The van der Waals surface area contributed by atoms with Gasteiger partial charge in [-0.1, -0.05) is 12.1 Å². The van der Waals surface area contributed by atoms with Crippen molar-refractivity contribution in [3.63, 3.8) is 0 Å². The average molecular weight is 271 g/mol. The van der Waals surface area contributed by atoms with Crippen LogP contribution in [0, 0.1) is 0 Å². The van der Waals surface area contributed by atoms with Gasteiger partial charge in [0.15, 0.2) is 0 Å². The molecule has 0 spiro atoms. The minimum absolute atomic E-state index is 0.142. The molecule has 1 amide bonds. The molecule has 0 aliphatic rings. The monoisotopic (exact) mass is 271 g/mol. The van der Waals surface area contributed by atoms with Crippen molar-refractivity contribution in [1.29, 1.82) is 0 Å². The summed E-state index contributed by atoms with van der Waals surface area (Å²) in [5.41, 5.74) is 1.89. The quantitative estimate of drug-likeness (QED) is 0.843. The molecule has 104 valence electrons. The molecule has 0 saturated carbocycles. The summed E-state index contributed by atoms with van der Waals surface area (Å²) in [5, 5.41) is 6.85. The van der Waals surface area contributed by atoms with Crippen LogP contribution in [-0.2, 0) is 18.4 Å². The normalized spacial score (nSPS) is 10.7. The van der Waals surface area contributed by atoms with Crippen molar-refractivity contribution in [2.24, 2.45) is 7.05 Å². The van der Waals surface area contributed by atoms with Gasteiger partial charge < -0.3 is 10.1 Å². The summed E-state index contributed by atoms with van der Waals surface area (Å²) in [5.74, 6) is 0.638. The zero-order valence-electron chi connectivity index (χ0n) is 11.5. The number of benzene rings is 1. The lowest BCUT2D eigenvalue weighted by Gasteiger charge is -2.04. The summed E-state index contributed by atoms with van der Waals surface area (Å²) < 4.78 is 6.82. The van der Waals surface area contributed by atoms with Crippen LogP contribution in [0.4, 0.5) is 0 Å². The lowest BCUT2D eigenvalue weighted by Crippen LogP contribution is -2.20. The third-order valence-corrected chi connectivity index (χ3v) is 2.75. The molecule has 1 heterocycles. The van der Waals surface area contributed by atoms with Crippen LogP contribution in [0.5, 0.6) is 5.75 Å². The van der Waals surface area contributed by atoms with Crippen LogP contribution in [0.25, 0.3) is 6.08 Å². The predicted octanol–water partition coefficient (Wildman–Crippen LogP) is 1.76. The number of nitrogens with one attached hydrogen (secondary N) is 1. The van der Waals surface area contributed by atoms with E-state index in [2.05, 4.69) is 10.4 Å². The van der Waals surface area contributed by atoms with Crippen LogP contribution >= 0.6 is 0 Å². The van der Waals surface area contributed by atoms with E-state index in [4.69, 9.17) is 4.74 Å². The highest BCUT2D eigenvalue weighted by atomic mass is 16.5. The third kappa shape index (κ3) is 3.98. The summed E-state index contributed by atoms with van der Waals surface area (Å²) in [6.07, 6.45) is 6.77. The zero-order valence-corrected chi connectivity index (χ0v) is 11.5. The number of ether oxygens (including phenoxy) is 1. The number of carbonyl (C=O) groups is 1. The second-order valence-corrected chi connectivity index (χ2v) is 4.35. The predicted molar refractivity (Wildman–Crippen MR) is 77.1 cm³/mol. The number of aromatic nitrogens is 2. The van der Waals surface area contributed by atoms with E-state index in [0.717, 1.165) is 16.9 Å². The first-order chi connectivity index (χ1) is 9.67. The molecule has 0 aliphatic heterocycles. The van der Waals surface area contributed by atoms with Gasteiger partial charge in [0.25, 0.3) is 0 Å². The smallest absolute Gasteiger partial charge is 0.244 e. The molecule has 1 aromatic heterocycles. The fourth-order valence-corrected chi connectivity index (χ4v) is 1.73. The summed E-state index contributed by atoms with van der Waals surface area (Å²) >= 11 is 0. The standard InChI is InChI=1S/C15H17N3O2/c1-18-11-13(10-17-18)6-7-15(19)16-9-12-4-3-5-14(8-12)20-2/h3-8,10-11H,9H2,1-2H3,(H,16,19)/b7-6-. The molecular formula is C15H17N3O2. The Morgan fingerprint density at radius 1 is 1.50 bits per heavy atom. The average Bonchev–Trinajstić information content (AvgIpc) is 2.89. The highest BCUT2D eigenvalue weighted by Gasteiger charge is 1.99. The molecular weight excluding hydrogens is 254 g/mol. The largest absolute Gasteiger partial charge is 0.497 e. The minimum Gasteiger partial charge on any atom is -0.497 e. The van der Waals surface area contributed by atoms with Crippen molar-refractivity contribution in [1.82, 2.24) is 15.1 Å². The van der Waals surface area contributed by atoms with E-state index >= 15 is 0 Å². The maximum atomic E-state index is 11.7. The summed E-state index contributed by atoms with van der Waals surface area (Å²) in [4.78, 5) is 11.7. The Hall–Kier alpha value is -2.56. The SMILES string of the molecule is COc1cccc(CNC(=O)/C=C\c2cnn(C)c2)c1. The number of hydrogen-bond donors (Lipinski definition) is 1. The highest BCUT2D eigenvalue weighted by molar-refractivity contribution is 5.91. The molecule has 5 heteroatoms. The van der Waals surface area contributed by atoms with Gasteiger partial charge in [-0.05, 0) is 23.8 Å². The lowest BCUT2D eigenvalue weighted by atomic mass is 10.2. The number of nitrogens with zero attached hydrogens (tertiary/aromatic N) is 2. The second kappa shape index (κ2) is 6.56. The van der Waals surface area contributed by atoms with E-state index in [1.807, 2.05) is 37.5 Å². The summed E-state index contributed by atoms with van der Waals surface area (Å²) in [6, 6.07) is 7.60. The molecule has 0 radical (unpaired) electrons. The van der Waals surface area contributed by atoms with Crippen LogP contribution in [0.3, 0.4) is 0 Å². The maximum absolute atomic E-state index is 11.7. The van der Waals surface area contributed by atoms with Crippen LogP contribution in [0.2, 0.25) is 0 Å². The number of amides is 1. The lowest BCUT2D eigenvalue weighted by molar-refractivity contribution is -0.116. The first kappa shape index (κ1) is 13.9. The Kier molecular flexibility index (Phi) is 4.55. The van der Waals surface area contributed by atoms with Gasteiger partial charge in [-0.25, -0.2) is 0 Å². The first-order valence-electron chi connectivity index (χ1n) is 6.25. The van der Waals surface area contributed by atoms with Crippen molar-refractivity contribution in [2.45, 2.75) is 6.54 Å². The Morgan fingerprint density at radius 3 is 3.05 bits per heavy atom. The molecule has 0 bridgehead atoms. The summed E-state index contributed by atoms with van der Waals surface area (Å²) in [7, 11) is 3.45. The van der Waals surface area contributed by atoms with Crippen molar-refractivity contribution < 1.29 is 9.53 Å². The number of rotatable bonds is 5. The van der Waals surface area contributed by atoms with Crippen LogP contribution < -0.4 is 10.1 Å². The highest BCUT2D eigenvalue weighted by Crippen LogP contribution is 2.12. The second-order valence-electron chi connectivity index (χ2n) is 4.35. The van der Waals surface area contributed by atoms with Gasteiger partial charge in [0, 0.05) is 31.4 Å². The molecule has 20 heavy (non-hydrogen) atoms. The number of carbonyl (C=O) groups excluding carboxylic acids is 1. The molecule has 0 saturated heterocycles. The number of aryl methyl sites for hydroxylation is 1. The van der Waals surface area contributed by atoms with Gasteiger partial charge in [-0.2, -0.15) is 5.10 Å². The molecule has 0 fully saturated rings. The van der Waals surface area contributed by atoms with Gasteiger partial charge in [0.1, 0.15) is 5.75 Å². The van der Waals surface area contributed by atoms with E-state index in [-0.39, 0.29) is 5.91 Å². The molecule has 1 N–H and O–H groups in total. The molecule has 0 unspecified atom stereocenters. The third-order valence-electron chi connectivity index (χ3n) is 2.75. The van der Waals surface area contributed by atoms with Gasteiger partial charge in [0.05, 0.1) is 13.3 Å². The van der Waals surface area contributed by atoms with Crippen LogP contribution in [0.15, 0.2) is 42.7 Å². The Bertz CT molecular complexity index is 617. The van der Waals surface area contributed by atoms with Crippen molar-refractivity contribution in [3.05, 3.63) is 53.9 Å². The molecule has 0 atom stereocenters. The van der Waals surface area contributed by atoms with E-state index < -0.39 is 0 Å². The van der Waals surface area contributed by atoms with E-state index in [1.54, 1.807) is 24.1 Å². The molecule has 2 rings (SSSR count). The van der Waals surface area contributed by atoms with Crippen molar-refractivity contribution in [3.8, 4) is 5.75 Å². The van der Waals surface area contributed by atoms with Crippen LogP contribution in [-0.4, -0.2) is 22.8 Å². The topological polar surface area (TPSA) is 56.1 Å².